The standard InChI is InChI=1S/C17H20N2O3S/c1-12-11-23-17(21)19(12)10-16(20)18-8-13(2)22-15(9-18)14-6-4-3-5-7-14/h3-7,11,13,15H,8-10H2,1-2H3. The summed E-state index contributed by atoms with van der Waals surface area (Å²) in [6, 6.07) is 9.93. The molecule has 122 valence electrons. The molecular formula is C17H20N2O3S. The van der Waals surface area contributed by atoms with Crippen molar-refractivity contribution in [3.05, 3.63) is 56.6 Å². The van der Waals surface area contributed by atoms with E-state index in [1.807, 2.05) is 44.2 Å². The first-order valence-corrected chi connectivity index (χ1v) is 8.55. The second-order valence-corrected chi connectivity index (χ2v) is 6.69. The van der Waals surface area contributed by atoms with Crippen LogP contribution in [0.3, 0.4) is 0 Å². The molecule has 1 saturated heterocycles. The van der Waals surface area contributed by atoms with Crippen LogP contribution in [-0.4, -0.2) is 34.6 Å². The van der Waals surface area contributed by atoms with Crippen LogP contribution in [0.4, 0.5) is 0 Å². The largest absolute Gasteiger partial charge is 0.367 e. The van der Waals surface area contributed by atoms with Crippen molar-refractivity contribution in [2.75, 3.05) is 13.1 Å². The van der Waals surface area contributed by atoms with E-state index in [1.165, 1.54) is 4.57 Å². The molecule has 2 aromatic rings. The highest BCUT2D eigenvalue weighted by molar-refractivity contribution is 7.07. The molecule has 1 aromatic carbocycles. The van der Waals surface area contributed by atoms with E-state index in [2.05, 4.69) is 0 Å². The van der Waals surface area contributed by atoms with Crippen LogP contribution in [-0.2, 0) is 16.1 Å². The molecule has 2 unspecified atom stereocenters. The Balaban J connectivity index is 1.74. The second kappa shape index (κ2) is 6.68. The summed E-state index contributed by atoms with van der Waals surface area (Å²) in [4.78, 5) is 26.1. The van der Waals surface area contributed by atoms with Gasteiger partial charge in [-0.05, 0) is 19.4 Å². The number of aryl methyl sites for hydroxylation is 1. The zero-order valence-corrected chi connectivity index (χ0v) is 14.1. The summed E-state index contributed by atoms with van der Waals surface area (Å²) < 4.78 is 7.51. The first kappa shape index (κ1) is 16.0. The molecule has 2 atom stereocenters. The Bertz CT molecular complexity index is 738. The minimum absolute atomic E-state index is 0.0294. The van der Waals surface area contributed by atoms with Crippen molar-refractivity contribution in [3.8, 4) is 0 Å². The lowest BCUT2D eigenvalue weighted by Crippen LogP contribution is -2.47. The molecule has 1 amide bonds. The topological polar surface area (TPSA) is 51.5 Å². The quantitative estimate of drug-likeness (QED) is 0.866. The summed E-state index contributed by atoms with van der Waals surface area (Å²) in [5.41, 5.74) is 1.90. The van der Waals surface area contributed by atoms with Gasteiger partial charge in [0.25, 0.3) is 0 Å². The Morgan fingerprint density at radius 1 is 1.30 bits per heavy atom. The molecule has 6 heteroatoms. The van der Waals surface area contributed by atoms with Gasteiger partial charge < -0.3 is 9.64 Å². The van der Waals surface area contributed by atoms with Crippen LogP contribution in [0, 0.1) is 6.92 Å². The Morgan fingerprint density at radius 3 is 2.70 bits per heavy atom. The van der Waals surface area contributed by atoms with E-state index in [0.717, 1.165) is 22.6 Å². The van der Waals surface area contributed by atoms with Gasteiger partial charge in [-0.3, -0.25) is 14.2 Å². The van der Waals surface area contributed by atoms with Crippen LogP contribution >= 0.6 is 11.3 Å². The maximum Gasteiger partial charge on any atom is 0.307 e. The average Bonchev–Trinajstić information content (AvgIpc) is 2.87. The number of ether oxygens (including phenoxy) is 1. The normalized spacial score (nSPS) is 21.4. The van der Waals surface area contributed by atoms with E-state index >= 15 is 0 Å². The fraction of sp³-hybridized carbons (Fsp3) is 0.412. The van der Waals surface area contributed by atoms with Crippen molar-refractivity contribution in [2.24, 2.45) is 0 Å². The van der Waals surface area contributed by atoms with E-state index in [4.69, 9.17) is 4.74 Å². The van der Waals surface area contributed by atoms with Crippen LogP contribution in [0.5, 0.6) is 0 Å². The number of benzene rings is 1. The van der Waals surface area contributed by atoms with Crippen LogP contribution in [0.2, 0.25) is 0 Å². The molecule has 23 heavy (non-hydrogen) atoms. The molecule has 1 aliphatic rings. The molecule has 3 rings (SSSR count). The van der Waals surface area contributed by atoms with E-state index in [1.54, 1.807) is 10.3 Å². The fourth-order valence-electron chi connectivity index (χ4n) is 2.84. The predicted molar refractivity (Wildman–Crippen MR) is 89.6 cm³/mol. The number of carbonyl (C=O) groups is 1. The van der Waals surface area contributed by atoms with E-state index < -0.39 is 0 Å². The summed E-state index contributed by atoms with van der Waals surface area (Å²) in [5.74, 6) is -0.0373. The average molecular weight is 332 g/mol. The lowest BCUT2D eigenvalue weighted by Gasteiger charge is -2.37. The molecular weight excluding hydrogens is 312 g/mol. The number of amides is 1. The first-order valence-electron chi connectivity index (χ1n) is 7.67. The maximum absolute atomic E-state index is 12.6. The third-order valence-corrected chi connectivity index (χ3v) is 4.94. The number of aromatic nitrogens is 1. The summed E-state index contributed by atoms with van der Waals surface area (Å²) >= 11 is 1.13. The molecule has 0 bridgehead atoms. The lowest BCUT2D eigenvalue weighted by molar-refractivity contribution is -0.145. The molecule has 1 aliphatic heterocycles. The van der Waals surface area contributed by atoms with Gasteiger partial charge >= 0.3 is 4.87 Å². The molecule has 0 aliphatic carbocycles. The van der Waals surface area contributed by atoms with Gasteiger partial charge in [-0.15, -0.1) is 0 Å². The van der Waals surface area contributed by atoms with Gasteiger partial charge in [0, 0.05) is 17.6 Å². The molecule has 1 aromatic heterocycles. The molecule has 0 radical (unpaired) electrons. The second-order valence-electron chi connectivity index (χ2n) is 5.87. The van der Waals surface area contributed by atoms with Crippen molar-refractivity contribution >= 4 is 17.2 Å². The minimum Gasteiger partial charge on any atom is -0.367 e. The highest BCUT2D eigenvalue weighted by Crippen LogP contribution is 2.25. The zero-order valence-electron chi connectivity index (χ0n) is 13.3. The maximum atomic E-state index is 12.6. The number of morpholine rings is 1. The van der Waals surface area contributed by atoms with Crippen molar-refractivity contribution in [2.45, 2.75) is 32.6 Å². The fourth-order valence-corrected chi connectivity index (χ4v) is 3.57. The van der Waals surface area contributed by atoms with E-state index in [9.17, 15) is 9.59 Å². The number of thiazole rings is 1. The highest BCUT2D eigenvalue weighted by Gasteiger charge is 2.29. The van der Waals surface area contributed by atoms with Gasteiger partial charge in [-0.1, -0.05) is 41.7 Å². The summed E-state index contributed by atoms with van der Waals surface area (Å²) in [5, 5.41) is 1.78. The zero-order chi connectivity index (χ0) is 16.4. The van der Waals surface area contributed by atoms with E-state index in [-0.39, 0.29) is 29.5 Å². The van der Waals surface area contributed by atoms with Gasteiger partial charge in [-0.25, -0.2) is 0 Å². The monoisotopic (exact) mass is 332 g/mol. The van der Waals surface area contributed by atoms with Crippen LogP contribution in [0.25, 0.3) is 0 Å². The minimum atomic E-state index is -0.121. The molecule has 0 saturated carbocycles. The van der Waals surface area contributed by atoms with Gasteiger partial charge in [0.2, 0.25) is 5.91 Å². The van der Waals surface area contributed by atoms with Crippen molar-refractivity contribution in [1.82, 2.24) is 9.47 Å². The van der Waals surface area contributed by atoms with Crippen LogP contribution in [0.1, 0.15) is 24.3 Å². The Hall–Kier alpha value is -1.92. The number of nitrogens with zero attached hydrogens (tertiary/aromatic N) is 2. The number of hydrogen-bond acceptors (Lipinski definition) is 4. The summed E-state index contributed by atoms with van der Waals surface area (Å²) in [7, 11) is 0. The number of hydrogen-bond donors (Lipinski definition) is 0. The summed E-state index contributed by atoms with van der Waals surface area (Å²) in [6.07, 6.45) is -0.151. The Kier molecular flexibility index (Phi) is 4.63. The number of carbonyl (C=O) groups excluding carboxylic acids is 1. The smallest absolute Gasteiger partial charge is 0.307 e. The Morgan fingerprint density at radius 2 is 2.04 bits per heavy atom. The van der Waals surface area contributed by atoms with Crippen molar-refractivity contribution in [1.29, 1.82) is 0 Å². The van der Waals surface area contributed by atoms with Gasteiger partial charge in [0.05, 0.1) is 12.6 Å². The summed E-state index contributed by atoms with van der Waals surface area (Å²) in [6.45, 7) is 4.99. The van der Waals surface area contributed by atoms with Crippen molar-refractivity contribution in [3.63, 3.8) is 0 Å². The third kappa shape index (κ3) is 3.54. The highest BCUT2D eigenvalue weighted by atomic mass is 32.1. The Labute approximate surface area is 139 Å². The molecule has 0 spiro atoms. The third-order valence-electron chi connectivity index (χ3n) is 4.05. The van der Waals surface area contributed by atoms with Crippen LogP contribution in [0.15, 0.2) is 40.5 Å². The van der Waals surface area contributed by atoms with Gasteiger partial charge in [0.1, 0.15) is 12.6 Å². The SMILES string of the molecule is Cc1csc(=O)n1CC(=O)N1CC(C)OC(c2ccccc2)C1. The van der Waals surface area contributed by atoms with Gasteiger partial charge in [-0.2, -0.15) is 0 Å². The molecule has 5 nitrogen and oxygen atoms in total. The number of rotatable bonds is 3. The predicted octanol–water partition coefficient (Wildman–Crippen LogP) is 2.21. The van der Waals surface area contributed by atoms with E-state index in [0.29, 0.717) is 13.1 Å². The lowest BCUT2D eigenvalue weighted by atomic mass is 10.1. The molecule has 1 fully saturated rings. The van der Waals surface area contributed by atoms with Crippen molar-refractivity contribution < 1.29 is 9.53 Å². The molecule has 0 N–H and O–H groups in total. The first-order chi connectivity index (χ1) is 11.0. The van der Waals surface area contributed by atoms with Crippen LogP contribution < -0.4 is 4.87 Å². The van der Waals surface area contributed by atoms with Gasteiger partial charge in [0.15, 0.2) is 0 Å². The molecule has 2 heterocycles.